The molecule has 0 bridgehead atoms. The van der Waals surface area contributed by atoms with Gasteiger partial charge in [-0.1, -0.05) is 23.7 Å². The SMILES string of the molecule is COc1cccc(C=O)c1OC(=O)c1cccc(Cl)c1. The zero-order valence-electron chi connectivity index (χ0n) is 10.6. The van der Waals surface area contributed by atoms with Crippen LogP contribution in [0.3, 0.4) is 0 Å². The molecule has 0 saturated heterocycles. The van der Waals surface area contributed by atoms with E-state index in [2.05, 4.69) is 0 Å². The number of carbonyl (C=O) groups is 2. The summed E-state index contributed by atoms with van der Waals surface area (Å²) in [6, 6.07) is 11.1. The summed E-state index contributed by atoms with van der Waals surface area (Å²) in [5.41, 5.74) is 0.528. The highest BCUT2D eigenvalue weighted by atomic mass is 35.5. The van der Waals surface area contributed by atoms with Crippen LogP contribution in [-0.2, 0) is 0 Å². The van der Waals surface area contributed by atoms with Crippen LogP contribution in [0.1, 0.15) is 20.7 Å². The number of esters is 1. The maximum absolute atomic E-state index is 12.1. The molecule has 0 N–H and O–H groups in total. The van der Waals surface area contributed by atoms with Gasteiger partial charge in [-0.15, -0.1) is 0 Å². The Bertz CT molecular complexity index is 652. The van der Waals surface area contributed by atoms with Crippen molar-refractivity contribution in [1.82, 2.24) is 0 Å². The lowest BCUT2D eigenvalue weighted by atomic mass is 10.2. The third-order valence-electron chi connectivity index (χ3n) is 2.61. The van der Waals surface area contributed by atoms with Crippen LogP contribution in [0.4, 0.5) is 0 Å². The Morgan fingerprint density at radius 1 is 1.20 bits per heavy atom. The van der Waals surface area contributed by atoms with Crippen molar-refractivity contribution in [2.75, 3.05) is 7.11 Å². The zero-order chi connectivity index (χ0) is 14.5. The van der Waals surface area contributed by atoms with Crippen molar-refractivity contribution in [3.63, 3.8) is 0 Å². The molecule has 0 unspecified atom stereocenters. The van der Waals surface area contributed by atoms with Crippen LogP contribution >= 0.6 is 11.6 Å². The smallest absolute Gasteiger partial charge is 0.343 e. The van der Waals surface area contributed by atoms with Gasteiger partial charge in [-0.25, -0.2) is 4.79 Å². The summed E-state index contributed by atoms with van der Waals surface area (Å²) in [5.74, 6) is -0.208. The number of carbonyl (C=O) groups excluding carboxylic acids is 2. The minimum atomic E-state index is -0.611. The summed E-state index contributed by atoms with van der Waals surface area (Å²) in [5, 5.41) is 0.426. The molecule has 2 aromatic carbocycles. The number of rotatable bonds is 4. The fourth-order valence-corrected chi connectivity index (χ4v) is 1.85. The molecule has 0 aliphatic rings. The van der Waals surface area contributed by atoms with E-state index in [9.17, 15) is 9.59 Å². The fraction of sp³-hybridized carbons (Fsp3) is 0.0667. The summed E-state index contributed by atoms with van der Waals surface area (Å²) in [4.78, 5) is 23.0. The Labute approximate surface area is 120 Å². The molecule has 0 aromatic heterocycles. The monoisotopic (exact) mass is 290 g/mol. The van der Waals surface area contributed by atoms with E-state index in [4.69, 9.17) is 21.1 Å². The van der Waals surface area contributed by atoms with Gasteiger partial charge in [0, 0.05) is 5.02 Å². The van der Waals surface area contributed by atoms with Gasteiger partial charge in [0.2, 0.25) is 0 Å². The van der Waals surface area contributed by atoms with Crippen molar-refractivity contribution in [3.8, 4) is 11.5 Å². The largest absolute Gasteiger partial charge is 0.493 e. The molecule has 0 aliphatic heterocycles. The number of hydrogen-bond donors (Lipinski definition) is 0. The molecule has 2 aromatic rings. The first-order valence-corrected chi connectivity index (χ1v) is 6.13. The van der Waals surface area contributed by atoms with Gasteiger partial charge in [0.25, 0.3) is 0 Å². The Hall–Kier alpha value is -2.33. The van der Waals surface area contributed by atoms with E-state index in [0.717, 1.165) is 0 Å². The first kappa shape index (κ1) is 14.1. The molecule has 0 atom stereocenters. The van der Waals surface area contributed by atoms with Gasteiger partial charge >= 0.3 is 5.97 Å². The molecule has 0 spiro atoms. The molecular formula is C15H11ClO4. The third kappa shape index (κ3) is 2.97. The number of ether oxygens (including phenoxy) is 2. The van der Waals surface area contributed by atoms with E-state index in [1.54, 1.807) is 30.3 Å². The van der Waals surface area contributed by atoms with Gasteiger partial charge in [-0.3, -0.25) is 4.79 Å². The fourth-order valence-electron chi connectivity index (χ4n) is 1.66. The van der Waals surface area contributed by atoms with Crippen molar-refractivity contribution in [1.29, 1.82) is 0 Å². The summed E-state index contributed by atoms with van der Waals surface area (Å²) >= 11 is 5.82. The standard InChI is InChI=1S/C15H11ClO4/c1-19-13-7-3-5-11(9-17)14(13)20-15(18)10-4-2-6-12(16)8-10/h2-9H,1H3. The van der Waals surface area contributed by atoms with Gasteiger partial charge in [-0.2, -0.15) is 0 Å². The highest BCUT2D eigenvalue weighted by molar-refractivity contribution is 6.30. The third-order valence-corrected chi connectivity index (χ3v) is 2.85. The van der Waals surface area contributed by atoms with Crippen LogP contribution < -0.4 is 9.47 Å². The van der Waals surface area contributed by atoms with Crippen molar-refractivity contribution < 1.29 is 19.1 Å². The molecule has 5 heteroatoms. The van der Waals surface area contributed by atoms with E-state index < -0.39 is 5.97 Å². The minimum Gasteiger partial charge on any atom is -0.493 e. The second kappa shape index (κ2) is 6.21. The summed E-state index contributed by atoms with van der Waals surface area (Å²) in [6.07, 6.45) is 0.600. The number of para-hydroxylation sites is 1. The molecule has 102 valence electrons. The second-order valence-electron chi connectivity index (χ2n) is 3.90. The van der Waals surface area contributed by atoms with E-state index in [1.165, 1.54) is 19.2 Å². The molecule has 0 fully saturated rings. The average Bonchev–Trinajstić information content (AvgIpc) is 2.47. The van der Waals surface area contributed by atoms with Crippen LogP contribution in [0.25, 0.3) is 0 Å². The lowest BCUT2D eigenvalue weighted by Gasteiger charge is -2.11. The zero-order valence-corrected chi connectivity index (χ0v) is 11.4. The quantitative estimate of drug-likeness (QED) is 0.492. The molecule has 0 saturated carbocycles. The Morgan fingerprint density at radius 2 is 1.95 bits per heavy atom. The lowest BCUT2D eigenvalue weighted by Crippen LogP contribution is -2.10. The van der Waals surface area contributed by atoms with Crippen LogP contribution in [0.5, 0.6) is 11.5 Å². The number of hydrogen-bond acceptors (Lipinski definition) is 4. The predicted molar refractivity (Wildman–Crippen MR) is 74.8 cm³/mol. The Morgan fingerprint density at radius 3 is 2.60 bits per heavy atom. The van der Waals surface area contributed by atoms with Crippen LogP contribution in [0, 0.1) is 0 Å². The topological polar surface area (TPSA) is 52.6 Å². The first-order chi connectivity index (χ1) is 9.65. The van der Waals surface area contributed by atoms with Crippen molar-refractivity contribution >= 4 is 23.9 Å². The molecule has 0 radical (unpaired) electrons. The lowest BCUT2D eigenvalue weighted by molar-refractivity contribution is 0.0728. The van der Waals surface area contributed by atoms with Crippen LogP contribution in [0.15, 0.2) is 42.5 Å². The maximum Gasteiger partial charge on any atom is 0.343 e. The summed E-state index contributed by atoms with van der Waals surface area (Å²) in [6.45, 7) is 0. The number of methoxy groups -OCH3 is 1. The second-order valence-corrected chi connectivity index (χ2v) is 4.33. The van der Waals surface area contributed by atoms with E-state index in [1.807, 2.05) is 0 Å². The van der Waals surface area contributed by atoms with Crippen molar-refractivity contribution in [3.05, 3.63) is 58.6 Å². The highest BCUT2D eigenvalue weighted by Crippen LogP contribution is 2.30. The number of aldehydes is 1. The maximum atomic E-state index is 12.1. The highest BCUT2D eigenvalue weighted by Gasteiger charge is 2.16. The Balaban J connectivity index is 2.34. The van der Waals surface area contributed by atoms with Crippen molar-refractivity contribution in [2.45, 2.75) is 0 Å². The molecule has 0 aliphatic carbocycles. The first-order valence-electron chi connectivity index (χ1n) is 5.75. The normalized spacial score (nSPS) is 9.90. The predicted octanol–water partition coefficient (Wildman–Crippen LogP) is 3.38. The van der Waals surface area contributed by atoms with E-state index in [-0.39, 0.29) is 11.3 Å². The average molecular weight is 291 g/mol. The Kier molecular flexibility index (Phi) is 4.38. The molecule has 0 heterocycles. The summed E-state index contributed by atoms with van der Waals surface area (Å²) < 4.78 is 10.3. The summed E-state index contributed by atoms with van der Waals surface area (Å²) in [7, 11) is 1.43. The van der Waals surface area contributed by atoms with Gasteiger partial charge in [-0.05, 0) is 30.3 Å². The van der Waals surface area contributed by atoms with Gasteiger partial charge in [0.1, 0.15) is 0 Å². The van der Waals surface area contributed by atoms with E-state index in [0.29, 0.717) is 22.6 Å². The molecule has 0 amide bonds. The van der Waals surface area contributed by atoms with Crippen LogP contribution in [-0.4, -0.2) is 19.4 Å². The van der Waals surface area contributed by atoms with Crippen molar-refractivity contribution in [2.24, 2.45) is 0 Å². The number of benzene rings is 2. The minimum absolute atomic E-state index is 0.0926. The molecule has 20 heavy (non-hydrogen) atoms. The molecule has 2 rings (SSSR count). The van der Waals surface area contributed by atoms with Gasteiger partial charge in [0.15, 0.2) is 17.8 Å². The van der Waals surface area contributed by atoms with Gasteiger partial charge in [0.05, 0.1) is 18.2 Å². The molecular weight excluding hydrogens is 280 g/mol. The van der Waals surface area contributed by atoms with Crippen LogP contribution in [0.2, 0.25) is 5.02 Å². The van der Waals surface area contributed by atoms with E-state index >= 15 is 0 Å². The van der Waals surface area contributed by atoms with Gasteiger partial charge < -0.3 is 9.47 Å². The molecule has 4 nitrogen and oxygen atoms in total. The number of halogens is 1.